The van der Waals surface area contributed by atoms with Crippen molar-refractivity contribution in [1.82, 2.24) is 14.2 Å². The van der Waals surface area contributed by atoms with Crippen molar-refractivity contribution >= 4 is 33.8 Å². The van der Waals surface area contributed by atoms with Crippen LogP contribution in [0.15, 0.2) is 17.3 Å². The Kier molecular flexibility index (Phi) is 4.86. The Labute approximate surface area is 129 Å². The monoisotopic (exact) mass is 335 g/mol. The van der Waals surface area contributed by atoms with Crippen molar-refractivity contribution in [3.8, 4) is 0 Å². The fourth-order valence-electron chi connectivity index (χ4n) is 2.23. The van der Waals surface area contributed by atoms with Crippen LogP contribution in [0.1, 0.15) is 13.8 Å². The molecule has 0 saturated carbocycles. The quantitative estimate of drug-likeness (QED) is 0.860. The number of hydrogen-bond acceptors (Lipinski definition) is 4. The third kappa shape index (κ3) is 3.07. The maximum absolute atomic E-state index is 12.6. The average Bonchev–Trinajstić information content (AvgIpc) is 2.41. The van der Waals surface area contributed by atoms with E-state index in [0.717, 1.165) is 13.1 Å². The van der Waals surface area contributed by atoms with Crippen molar-refractivity contribution in [2.24, 2.45) is 0 Å². The van der Waals surface area contributed by atoms with Gasteiger partial charge in [-0.1, -0.05) is 23.8 Å². The van der Waals surface area contributed by atoms with Crippen molar-refractivity contribution in [1.29, 1.82) is 0 Å². The molecule has 1 aromatic heterocycles. The van der Waals surface area contributed by atoms with Gasteiger partial charge in [-0.25, -0.2) is 8.42 Å². The van der Waals surface area contributed by atoms with Gasteiger partial charge in [-0.3, -0.25) is 4.90 Å². The highest BCUT2D eigenvalue weighted by Crippen LogP contribution is 2.22. The second-order valence-corrected chi connectivity index (χ2v) is 7.75. The topological polar surface area (TPSA) is 56.4 Å². The first-order chi connectivity index (χ1) is 9.34. The average molecular weight is 336 g/mol. The first-order valence-electron chi connectivity index (χ1n) is 6.45. The number of hydrogen-bond donors (Lipinski definition) is 1. The highest BCUT2D eigenvalue weighted by molar-refractivity contribution is 7.89. The normalized spacial score (nSPS) is 18.6. The molecule has 0 aliphatic carbocycles. The Morgan fingerprint density at radius 1 is 1.25 bits per heavy atom. The van der Waals surface area contributed by atoms with Gasteiger partial charge in [0, 0.05) is 44.6 Å². The standard InChI is InChI=1S/C12H18ClN3O2S2/c1-9(2)15-3-5-16(6-4-15)20(17,18)11-8-14-7-10(13)12(11)19/h7-9H,3-6H2,1-2H3,(H,14,19). The molecule has 20 heavy (non-hydrogen) atoms. The lowest BCUT2D eigenvalue weighted by atomic mass is 10.3. The molecule has 0 spiro atoms. The van der Waals surface area contributed by atoms with Crippen LogP contribution in [0.5, 0.6) is 0 Å². The Bertz CT molecular complexity index is 634. The van der Waals surface area contributed by atoms with Crippen LogP contribution in [0, 0.1) is 4.51 Å². The molecule has 1 aliphatic rings. The van der Waals surface area contributed by atoms with E-state index in [4.69, 9.17) is 23.8 Å². The number of H-pyrrole nitrogens is 1. The molecular weight excluding hydrogens is 318 g/mol. The van der Waals surface area contributed by atoms with Crippen molar-refractivity contribution in [3.05, 3.63) is 21.9 Å². The van der Waals surface area contributed by atoms with E-state index in [-0.39, 0.29) is 14.4 Å². The maximum Gasteiger partial charge on any atom is 0.246 e. The van der Waals surface area contributed by atoms with Gasteiger partial charge >= 0.3 is 0 Å². The molecule has 2 heterocycles. The summed E-state index contributed by atoms with van der Waals surface area (Å²) in [6.45, 7) is 6.63. The van der Waals surface area contributed by atoms with E-state index in [9.17, 15) is 8.42 Å². The van der Waals surface area contributed by atoms with E-state index >= 15 is 0 Å². The van der Waals surface area contributed by atoms with E-state index in [0.29, 0.717) is 19.1 Å². The number of nitrogens with zero attached hydrogens (tertiary/aromatic N) is 2. The van der Waals surface area contributed by atoms with E-state index < -0.39 is 10.0 Å². The van der Waals surface area contributed by atoms with Gasteiger partial charge < -0.3 is 4.98 Å². The predicted octanol–water partition coefficient (Wildman–Crippen LogP) is 2.11. The SMILES string of the molecule is CC(C)N1CCN(S(=O)(=O)c2c[nH]cc(Cl)c2=S)CC1. The summed E-state index contributed by atoms with van der Waals surface area (Å²) in [6, 6.07) is 0.425. The van der Waals surface area contributed by atoms with E-state index in [1.54, 1.807) is 0 Å². The van der Waals surface area contributed by atoms with Gasteiger partial charge in [-0.05, 0) is 13.8 Å². The van der Waals surface area contributed by atoms with Gasteiger partial charge in [0.25, 0.3) is 0 Å². The molecule has 5 nitrogen and oxygen atoms in total. The molecule has 1 fully saturated rings. The molecule has 1 saturated heterocycles. The summed E-state index contributed by atoms with van der Waals surface area (Å²) in [6.07, 6.45) is 2.89. The van der Waals surface area contributed by atoms with Crippen molar-refractivity contribution in [2.75, 3.05) is 26.2 Å². The van der Waals surface area contributed by atoms with Crippen LogP contribution < -0.4 is 0 Å². The van der Waals surface area contributed by atoms with Crippen LogP contribution >= 0.6 is 23.8 Å². The van der Waals surface area contributed by atoms with Crippen LogP contribution in [0.3, 0.4) is 0 Å². The molecular formula is C12H18ClN3O2S2. The van der Waals surface area contributed by atoms with Crippen LogP contribution in [0.2, 0.25) is 5.02 Å². The minimum Gasteiger partial charge on any atom is -0.365 e. The zero-order valence-corrected chi connectivity index (χ0v) is 13.9. The number of piperazine rings is 1. The molecule has 0 atom stereocenters. The van der Waals surface area contributed by atoms with Crippen LogP contribution in [0.4, 0.5) is 0 Å². The van der Waals surface area contributed by atoms with Crippen LogP contribution in [-0.2, 0) is 10.0 Å². The predicted molar refractivity (Wildman–Crippen MR) is 82.1 cm³/mol. The third-order valence-electron chi connectivity index (χ3n) is 3.49. The van der Waals surface area contributed by atoms with Gasteiger partial charge in [-0.15, -0.1) is 0 Å². The lowest BCUT2D eigenvalue weighted by molar-refractivity contribution is 0.154. The summed E-state index contributed by atoms with van der Waals surface area (Å²) in [7, 11) is -3.58. The number of rotatable bonds is 3. The van der Waals surface area contributed by atoms with Gasteiger partial charge in [-0.2, -0.15) is 4.31 Å². The first-order valence-corrected chi connectivity index (χ1v) is 8.67. The number of nitrogens with one attached hydrogen (secondary N) is 1. The Morgan fingerprint density at radius 2 is 1.85 bits per heavy atom. The third-order valence-corrected chi connectivity index (χ3v) is 6.39. The van der Waals surface area contributed by atoms with E-state index in [1.807, 2.05) is 0 Å². The summed E-state index contributed by atoms with van der Waals surface area (Å²) in [5.41, 5.74) is 0. The molecule has 112 valence electrons. The summed E-state index contributed by atoms with van der Waals surface area (Å²) in [5.74, 6) is 0. The first kappa shape index (κ1) is 15.9. The molecule has 1 aromatic rings. The number of sulfonamides is 1. The van der Waals surface area contributed by atoms with Gasteiger partial charge in [0.05, 0.1) is 9.53 Å². The summed E-state index contributed by atoms with van der Waals surface area (Å²) in [4.78, 5) is 5.06. The highest BCUT2D eigenvalue weighted by Gasteiger charge is 2.30. The van der Waals surface area contributed by atoms with Gasteiger partial charge in [0.15, 0.2) is 0 Å². The molecule has 1 aliphatic heterocycles. The molecule has 2 rings (SSSR count). The second-order valence-electron chi connectivity index (χ2n) is 5.03. The largest absolute Gasteiger partial charge is 0.365 e. The molecule has 0 aromatic carbocycles. The Morgan fingerprint density at radius 3 is 2.40 bits per heavy atom. The van der Waals surface area contributed by atoms with E-state index in [1.165, 1.54) is 16.7 Å². The molecule has 8 heteroatoms. The number of aromatic amines is 1. The van der Waals surface area contributed by atoms with Gasteiger partial charge in [0.1, 0.15) is 4.90 Å². The number of halogens is 1. The van der Waals surface area contributed by atoms with Crippen molar-refractivity contribution in [2.45, 2.75) is 24.8 Å². The lowest BCUT2D eigenvalue weighted by Gasteiger charge is -2.36. The smallest absolute Gasteiger partial charge is 0.246 e. The molecule has 0 amide bonds. The van der Waals surface area contributed by atoms with Crippen molar-refractivity contribution in [3.63, 3.8) is 0 Å². The number of aromatic nitrogens is 1. The molecule has 1 N–H and O–H groups in total. The fourth-order valence-corrected chi connectivity index (χ4v) is 4.37. The van der Waals surface area contributed by atoms with Crippen LogP contribution in [-0.4, -0.2) is 54.8 Å². The second kappa shape index (κ2) is 6.11. The summed E-state index contributed by atoms with van der Waals surface area (Å²) < 4.78 is 26.8. The van der Waals surface area contributed by atoms with Crippen LogP contribution in [0.25, 0.3) is 0 Å². The van der Waals surface area contributed by atoms with Crippen molar-refractivity contribution < 1.29 is 8.42 Å². The Hall–Kier alpha value is -0.470. The lowest BCUT2D eigenvalue weighted by Crippen LogP contribution is -2.50. The molecule has 0 unspecified atom stereocenters. The number of pyridine rings is 1. The zero-order chi connectivity index (χ0) is 14.9. The van der Waals surface area contributed by atoms with E-state index in [2.05, 4.69) is 23.7 Å². The minimum atomic E-state index is -3.58. The fraction of sp³-hybridized carbons (Fsp3) is 0.583. The minimum absolute atomic E-state index is 0.0815. The Balaban J connectivity index is 2.25. The maximum atomic E-state index is 12.6. The molecule has 0 radical (unpaired) electrons. The van der Waals surface area contributed by atoms with Gasteiger partial charge in [0.2, 0.25) is 10.0 Å². The zero-order valence-electron chi connectivity index (χ0n) is 11.5. The summed E-state index contributed by atoms with van der Waals surface area (Å²) >= 11 is 11.0. The highest BCUT2D eigenvalue weighted by atomic mass is 35.5. The molecule has 0 bridgehead atoms. The summed E-state index contributed by atoms with van der Waals surface area (Å²) in [5, 5.41) is 0.252.